The quantitative estimate of drug-likeness (QED) is 0.136. The first kappa shape index (κ1) is 42.7. The first-order valence-corrected chi connectivity index (χ1v) is 18.4. The number of ether oxygens (including phenoxy) is 3. The van der Waals surface area contributed by atoms with E-state index in [1.807, 2.05) is 39.8 Å². The monoisotopic (exact) mass is 713 g/mol. The summed E-state index contributed by atoms with van der Waals surface area (Å²) in [4.78, 5) is 24.7. The van der Waals surface area contributed by atoms with E-state index in [2.05, 4.69) is 20.2 Å². The van der Waals surface area contributed by atoms with E-state index in [0.29, 0.717) is 32.6 Å². The largest absolute Gasteiger partial charge is 0.459 e. The van der Waals surface area contributed by atoms with Crippen molar-refractivity contribution >= 4 is 5.97 Å². The summed E-state index contributed by atoms with van der Waals surface area (Å²) in [6, 6.07) is -0.801. The van der Waals surface area contributed by atoms with Crippen LogP contribution in [-0.2, 0) is 25.5 Å². The van der Waals surface area contributed by atoms with Gasteiger partial charge in [-0.25, -0.2) is 4.98 Å². The fourth-order valence-corrected chi connectivity index (χ4v) is 7.91. The molecule has 50 heavy (non-hydrogen) atoms. The highest BCUT2D eigenvalue weighted by Gasteiger charge is 2.50. The molecule has 290 valence electrons. The van der Waals surface area contributed by atoms with Gasteiger partial charge in [-0.05, 0) is 93.4 Å². The number of aromatic amines is 1. The summed E-state index contributed by atoms with van der Waals surface area (Å²) >= 11 is 0. The van der Waals surface area contributed by atoms with Gasteiger partial charge in [0.2, 0.25) is 0 Å². The summed E-state index contributed by atoms with van der Waals surface area (Å²) in [6.07, 6.45) is -1.87. The Balaban J connectivity index is 1.96. The Hall–Kier alpha value is -1.72. The zero-order valence-electron chi connectivity index (χ0n) is 32.0. The fourth-order valence-electron chi connectivity index (χ4n) is 7.91. The van der Waals surface area contributed by atoms with Crippen molar-refractivity contribution in [3.05, 3.63) is 18.2 Å². The first-order valence-electron chi connectivity index (χ1n) is 18.4. The number of nitrogens with zero attached hydrogens (tertiary/aromatic N) is 3. The number of aliphatic hydroxyl groups is 5. The Morgan fingerprint density at radius 3 is 2.40 bits per heavy atom. The Bertz CT molecular complexity index is 1160. The standard InChI is InChI=1S/C36H67N5O9/c1-11-28-36(8,47)31(44)25(6)41(14-12-13-37-17-26-18-38-20-39-26)19-21(2)16-35(7,46)32(23(4)29(42)24(5)33(45)49-28)50-34-30(43)27(40(9)10)15-22(3)48-34/h18,20-25,27-32,34,37,42-44,46-47H,11-17,19H2,1-10H3,(H,38,39)/t21-,22-,23+,24-,25-,27+,28-,29+,30-,31-,32-,34+,35?,36-/m1/s1. The number of imidazole rings is 1. The minimum absolute atomic E-state index is 0.147. The van der Waals surface area contributed by atoms with Crippen LogP contribution in [0.25, 0.3) is 0 Å². The number of aromatic nitrogens is 2. The molecule has 14 atom stereocenters. The van der Waals surface area contributed by atoms with Gasteiger partial charge in [-0.1, -0.05) is 20.8 Å². The topological polar surface area (TPSA) is 193 Å². The highest BCUT2D eigenvalue weighted by atomic mass is 16.7. The molecule has 2 fully saturated rings. The SMILES string of the molecule is CC[C@H]1OC(=O)[C@H](C)[C@@H](O)[C@H](C)[C@@H](O[C@@H]2O[C@H](C)C[C@H](N(C)C)[C@H]2O)C(C)(O)C[C@@H](C)CN(CCCNCc2cnc[nH]2)[C@H](C)[C@@H](O)[C@]1(C)O. The van der Waals surface area contributed by atoms with Crippen molar-refractivity contribution in [2.75, 3.05) is 33.7 Å². The number of carbonyl (C=O) groups excluding carboxylic acids is 1. The third kappa shape index (κ3) is 10.7. The summed E-state index contributed by atoms with van der Waals surface area (Å²) < 4.78 is 18.4. The van der Waals surface area contributed by atoms with Crippen LogP contribution in [0.2, 0.25) is 0 Å². The van der Waals surface area contributed by atoms with Crippen LogP contribution in [-0.4, -0.2) is 151 Å². The third-order valence-electron chi connectivity index (χ3n) is 11.0. The molecular weight excluding hydrogens is 646 g/mol. The molecule has 1 unspecified atom stereocenters. The Morgan fingerprint density at radius 2 is 1.80 bits per heavy atom. The molecule has 0 bridgehead atoms. The lowest BCUT2D eigenvalue weighted by molar-refractivity contribution is -0.299. The second kappa shape index (κ2) is 18.4. The molecule has 0 aromatic carbocycles. The van der Waals surface area contributed by atoms with Gasteiger partial charge < -0.3 is 54.9 Å². The van der Waals surface area contributed by atoms with Crippen molar-refractivity contribution in [1.82, 2.24) is 25.1 Å². The Morgan fingerprint density at radius 1 is 1.12 bits per heavy atom. The zero-order chi connectivity index (χ0) is 37.6. The van der Waals surface area contributed by atoms with Crippen LogP contribution in [0.3, 0.4) is 0 Å². The molecule has 1 aromatic heterocycles. The maximum absolute atomic E-state index is 13.6. The molecule has 0 aliphatic carbocycles. The van der Waals surface area contributed by atoms with Gasteiger partial charge in [0.15, 0.2) is 6.29 Å². The third-order valence-corrected chi connectivity index (χ3v) is 11.0. The number of carbonyl (C=O) groups is 1. The van der Waals surface area contributed by atoms with E-state index in [1.165, 1.54) is 13.8 Å². The number of aliphatic hydroxyl groups excluding tert-OH is 3. The molecule has 0 spiro atoms. The molecule has 7 N–H and O–H groups in total. The van der Waals surface area contributed by atoms with Crippen molar-refractivity contribution in [3.8, 4) is 0 Å². The molecule has 2 aliphatic heterocycles. The Labute approximate surface area is 298 Å². The van der Waals surface area contributed by atoms with Crippen molar-refractivity contribution in [2.45, 2.75) is 154 Å². The number of hydrogen-bond donors (Lipinski definition) is 7. The predicted molar refractivity (Wildman–Crippen MR) is 189 cm³/mol. The van der Waals surface area contributed by atoms with Gasteiger partial charge in [-0.3, -0.25) is 9.69 Å². The van der Waals surface area contributed by atoms with E-state index in [0.717, 1.165) is 12.1 Å². The lowest BCUT2D eigenvalue weighted by Gasteiger charge is -2.46. The van der Waals surface area contributed by atoms with E-state index in [4.69, 9.17) is 14.2 Å². The maximum Gasteiger partial charge on any atom is 0.311 e. The number of likely N-dealkylation sites (N-methyl/N-ethyl adjacent to an activating group) is 1. The van der Waals surface area contributed by atoms with Crippen LogP contribution >= 0.6 is 0 Å². The smallest absolute Gasteiger partial charge is 0.311 e. The zero-order valence-corrected chi connectivity index (χ0v) is 32.0. The van der Waals surface area contributed by atoms with Gasteiger partial charge in [-0.15, -0.1) is 0 Å². The number of cyclic esters (lactones) is 1. The van der Waals surface area contributed by atoms with Crippen LogP contribution in [0.5, 0.6) is 0 Å². The summed E-state index contributed by atoms with van der Waals surface area (Å²) in [5, 5.41) is 62.0. The van der Waals surface area contributed by atoms with Gasteiger partial charge in [0.05, 0.1) is 36.2 Å². The van der Waals surface area contributed by atoms with Crippen LogP contribution in [0, 0.1) is 17.8 Å². The lowest BCUT2D eigenvalue weighted by atomic mass is 9.78. The van der Waals surface area contributed by atoms with E-state index in [-0.39, 0.29) is 30.9 Å². The Kier molecular flexibility index (Phi) is 15.7. The van der Waals surface area contributed by atoms with E-state index >= 15 is 0 Å². The fraction of sp³-hybridized carbons (Fsp3) is 0.889. The maximum atomic E-state index is 13.6. The van der Waals surface area contributed by atoms with E-state index in [9.17, 15) is 30.3 Å². The molecule has 3 rings (SSSR count). The highest BCUT2D eigenvalue weighted by molar-refractivity contribution is 5.73. The number of esters is 1. The van der Waals surface area contributed by atoms with Gasteiger partial charge in [-0.2, -0.15) is 0 Å². The summed E-state index contributed by atoms with van der Waals surface area (Å²) in [6.45, 7) is 16.3. The van der Waals surface area contributed by atoms with Crippen LogP contribution < -0.4 is 5.32 Å². The molecule has 1 aromatic rings. The van der Waals surface area contributed by atoms with Gasteiger partial charge in [0.1, 0.15) is 23.9 Å². The van der Waals surface area contributed by atoms with Crippen LogP contribution in [0.4, 0.5) is 0 Å². The highest BCUT2D eigenvalue weighted by Crippen LogP contribution is 2.36. The van der Waals surface area contributed by atoms with Crippen LogP contribution in [0.15, 0.2) is 12.5 Å². The van der Waals surface area contributed by atoms with Gasteiger partial charge in [0, 0.05) is 43.0 Å². The van der Waals surface area contributed by atoms with Gasteiger partial charge >= 0.3 is 5.97 Å². The molecule has 0 radical (unpaired) electrons. The van der Waals surface area contributed by atoms with Gasteiger partial charge in [0.25, 0.3) is 0 Å². The molecule has 2 saturated heterocycles. The van der Waals surface area contributed by atoms with Crippen molar-refractivity contribution in [3.63, 3.8) is 0 Å². The number of hydrogen-bond acceptors (Lipinski definition) is 13. The number of rotatable bonds is 10. The van der Waals surface area contributed by atoms with E-state index < -0.39 is 71.9 Å². The number of nitrogens with one attached hydrogen (secondary N) is 2. The molecule has 14 heteroatoms. The van der Waals surface area contributed by atoms with E-state index in [1.54, 1.807) is 33.3 Å². The minimum Gasteiger partial charge on any atom is -0.459 e. The second-order valence-electron chi connectivity index (χ2n) is 15.8. The lowest BCUT2D eigenvalue weighted by Crippen LogP contribution is -2.59. The molecule has 0 amide bonds. The van der Waals surface area contributed by atoms with Crippen molar-refractivity contribution in [1.29, 1.82) is 0 Å². The average Bonchev–Trinajstić information content (AvgIpc) is 3.57. The first-order chi connectivity index (χ1) is 23.3. The average molecular weight is 714 g/mol. The second-order valence-corrected chi connectivity index (χ2v) is 15.8. The van der Waals surface area contributed by atoms with Crippen molar-refractivity contribution < 1.29 is 44.5 Å². The summed E-state index contributed by atoms with van der Waals surface area (Å²) in [5.74, 6) is -2.76. The normalized spacial score (nSPS) is 41.8. The predicted octanol–water partition coefficient (Wildman–Crippen LogP) is 1.25. The molecule has 2 aliphatic rings. The molecule has 14 nitrogen and oxygen atoms in total. The summed E-state index contributed by atoms with van der Waals surface area (Å²) in [5.41, 5.74) is -2.37. The summed E-state index contributed by atoms with van der Waals surface area (Å²) in [7, 11) is 3.76. The molecule has 0 saturated carbocycles. The molecular formula is C36H67N5O9. The van der Waals surface area contributed by atoms with Crippen molar-refractivity contribution in [2.24, 2.45) is 17.8 Å². The molecule has 3 heterocycles. The minimum atomic E-state index is -1.80. The van der Waals surface area contributed by atoms with Crippen LogP contribution in [0.1, 0.15) is 86.8 Å². The number of H-pyrrole nitrogens is 1.